The van der Waals surface area contributed by atoms with Crippen LogP contribution in [-0.4, -0.2) is 53.2 Å². The molecule has 178 valence electrons. The second kappa shape index (κ2) is 11.6. The van der Waals surface area contributed by atoms with Crippen LogP contribution >= 0.6 is 34.5 Å². The maximum atomic E-state index is 12.0. The molecular formula is C16H17Cl2F3N4O5S2. The van der Waals surface area contributed by atoms with Crippen molar-refractivity contribution in [3.8, 4) is 10.4 Å². The van der Waals surface area contributed by atoms with Crippen LogP contribution in [0.5, 0.6) is 0 Å². The van der Waals surface area contributed by atoms with Gasteiger partial charge >= 0.3 is 12.1 Å². The molecule has 2 aromatic rings. The molecule has 0 bridgehead atoms. The molecule has 16 heteroatoms. The number of amides is 1. The number of hydrogen-bond acceptors (Lipinski definition) is 7. The lowest BCUT2D eigenvalue weighted by atomic mass is 10.2. The normalized spacial score (nSPS) is 11.3. The fraction of sp³-hybridized carbons (Fsp3) is 0.375. The van der Waals surface area contributed by atoms with Gasteiger partial charge in [0.2, 0.25) is 15.9 Å². The van der Waals surface area contributed by atoms with Gasteiger partial charge in [-0.25, -0.2) is 23.2 Å². The first-order valence-electron chi connectivity index (χ1n) is 8.43. The van der Waals surface area contributed by atoms with Crippen molar-refractivity contribution in [3.05, 3.63) is 23.1 Å². The number of carbonyl (C=O) groups is 2. The third-order valence-electron chi connectivity index (χ3n) is 3.24. The number of nitrogens with zero attached hydrogens (tertiary/aromatic N) is 2. The number of aromatic nitrogens is 2. The van der Waals surface area contributed by atoms with E-state index < -0.39 is 22.2 Å². The van der Waals surface area contributed by atoms with Crippen molar-refractivity contribution in [2.45, 2.75) is 26.4 Å². The SMILES string of the molecule is CC(=O)Nc1nc(C)c(-c2cnc(Cl)c(NS(=O)(=O)CCCCl)c2)s1.O=C(O)C(F)(F)F. The molecule has 1 amide bonds. The molecule has 0 saturated heterocycles. The highest BCUT2D eigenvalue weighted by atomic mass is 35.5. The van der Waals surface area contributed by atoms with Crippen LogP contribution in [0.3, 0.4) is 0 Å². The molecule has 0 fully saturated rings. The molecule has 2 heterocycles. The molecule has 0 spiro atoms. The smallest absolute Gasteiger partial charge is 0.475 e. The van der Waals surface area contributed by atoms with Crippen LogP contribution in [0.4, 0.5) is 24.0 Å². The maximum Gasteiger partial charge on any atom is 0.490 e. The largest absolute Gasteiger partial charge is 0.490 e. The number of carbonyl (C=O) groups excluding carboxylic acids is 1. The predicted octanol–water partition coefficient (Wildman–Crippen LogP) is 4.13. The van der Waals surface area contributed by atoms with Crippen LogP contribution in [-0.2, 0) is 19.6 Å². The molecule has 3 N–H and O–H groups in total. The summed E-state index contributed by atoms with van der Waals surface area (Å²) in [5.41, 5.74) is 1.52. The monoisotopic (exact) mass is 536 g/mol. The van der Waals surface area contributed by atoms with Crippen molar-refractivity contribution in [2.24, 2.45) is 0 Å². The highest BCUT2D eigenvalue weighted by molar-refractivity contribution is 7.92. The van der Waals surface area contributed by atoms with E-state index in [9.17, 15) is 26.4 Å². The highest BCUT2D eigenvalue weighted by Gasteiger charge is 2.38. The Morgan fingerprint density at radius 2 is 1.91 bits per heavy atom. The van der Waals surface area contributed by atoms with Crippen LogP contribution < -0.4 is 10.0 Å². The molecule has 0 aliphatic carbocycles. The molecule has 0 aliphatic heterocycles. The Bertz CT molecular complexity index is 1080. The summed E-state index contributed by atoms with van der Waals surface area (Å²) in [4.78, 5) is 29.1. The number of thiazole rings is 1. The number of alkyl halides is 4. The summed E-state index contributed by atoms with van der Waals surface area (Å²) in [6.45, 7) is 3.18. The summed E-state index contributed by atoms with van der Waals surface area (Å²) >= 11 is 12.8. The van der Waals surface area contributed by atoms with Crippen molar-refractivity contribution >= 4 is 67.3 Å². The first-order chi connectivity index (χ1) is 14.7. The number of rotatable bonds is 7. The van der Waals surface area contributed by atoms with Gasteiger partial charge in [-0.15, -0.1) is 11.6 Å². The second-order valence-corrected chi connectivity index (χ2v) is 9.52. The van der Waals surface area contributed by atoms with E-state index in [-0.39, 0.29) is 28.4 Å². The summed E-state index contributed by atoms with van der Waals surface area (Å²) in [5.74, 6) is -2.84. The third-order valence-corrected chi connectivity index (χ3v) is 6.28. The Kier molecular flexibility index (Phi) is 10.1. The number of nitrogens with one attached hydrogen (secondary N) is 2. The van der Waals surface area contributed by atoms with E-state index in [1.807, 2.05) is 0 Å². The van der Waals surface area contributed by atoms with Crippen LogP contribution in [0.2, 0.25) is 5.15 Å². The standard InChI is InChI=1S/C14H16Cl2N4O3S2.C2HF3O2/c1-8-12(24-14(18-8)19-9(2)21)10-6-11(13(16)17-7-10)20-25(22,23)5-3-4-15;3-2(4,5)1(6)7/h6-7,20H,3-5H2,1-2H3,(H,18,19,21);(H,6,7). The average Bonchev–Trinajstić information content (AvgIpc) is 3.01. The minimum atomic E-state index is -5.08. The number of carboxylic acids is 1. The molecule has 0 aliphatic rings. The lowest BCUT2D eigenvalue weighted by Crippen LogP contribution is -2.21. The van der Waals surface area contributed by atoms with E-state index in [4.69, 9.17) is 33.1 Å². The Balaban J connectivity index is 0.000000633. The summed E-state index contributed by atoms with van der Waals surface area (Å²) < 4.78 is 58.2. The van der Waals surface area contributed by atoms with E-state index >= 15 is 0 Å². The van der Waals surface area contributed by atoms with E-state index in [0.717, 1.165) is 4.88 Å². The summed E-state index contributed by atoms with van der Waals surface area (Å²) in [5, 5.41) is 10.2. The van der Waals surface area contributed by atoms with Gasteiger partial charge in [-0.1, -0.05) is 22.9 Å². The minimum Gasteiger partial charge on any atom is -0.475 e. The third kappa shape index (κ3) is 9.14. The van der Waals surface area contributed by atoms with Crippen molar-refractivity contribution in [2.75, 3.05) is 21.7 Å². The van der Waals surface area contributed by atoms with E-state index in [0.29, 0.717) is 22.8 Å². The molecule has 0 unspecified atom stereocenters. The Morgan fingerprint density at radius 1 is 1.31 bits per heavy atom. The van der Waals surface area contributed by atoms with Gasteiger partial charge in [-0.2, -0.15) is 13.2 Å². The van der Waals surface area contributed by atoms with Gasteiger partial charge in [0.05, 0.1) is 22.0 Å². The highest BCUT2D eigenvalue weighted by Crippen LogP contribution is 2.35. The molecule has 0 saturated carbocycles. The van der Waals surface area contributed by atoms with Crippen LogP contribution in [0, 0.1) is 6.92 Å². The lowest BCUT2D eigenvalue weighted by molar-refractivity contribution is -0.192. The van der Waals surface area contributed by atoms with Gasteiger partial charge in [0.1, 0.15) is 0 Å². The quantitative estimate of drug-likeness (QED) is 0.357. The van der Waals surface area contributed by atoms with Gasteiger partial charge in [0.25, 0.3) is 0 Å². The zero-order valence-corrected chi connectivity index (χ0v) is 19.6. The van der Waals surface area contributed by atoms with Gasteiger partial charge in [0, 0.05) is 24.6 Å². The molecule has 2 aromatic heterocycles. The molecule has 9 nitrogen and oxygen atoms in total. The van der Waals surface area contributed by atoms with E-state index in [1.165, 1.54) is 24.5 Å². The summed E-state index contributed by atoms with van der Waals surface area (Å²) in [6, 6.07) is 1.59. The molecule has 0 atom stereocenters. The number of hydrogen-bond donors (Lipinski definition) is 3. The first-order valence-corrected chi connectivity index (χ1v) is 11.8. The van der Waals surface area contributed by atoms with Crippen molar-refractivity contribution < 1.29 is 36.3 Å². The van der Waals surface area contributed by atoms with Gasteiger partial charge < -0.3 is 10.4 Å². The number of aliphatic carboxylic acids is 1. The van der Waals surface area contributed by atoms with Gasteiger partial charge in [-0.05, 0) is 19.4 Å². The first kappa shape index (κ1) is 27.9. The minimum absolute atomic E-state index is 0.0439. The van der Waals surface area contributed by atoms with Crippen molar-refractivity contribution in [1.82, 2.24) is 9.97 Å². The number of aryl methyl sites for hydroxylation is 1. The van der Waals surface area contributed by atoms with E-state index in [2.05, 4.69) is 20.0 Å². The summed E-state index contributed by atoms with van der Waals surface area (Å²) in [6.07, 6.45) is -3.23. The Hall–Kier alpha value is -2.16. The van der Waals surface area contributed by atoms with Crippen LogP contribution in [0.25, 0.3) is 10.4 Å². The van der Waals surface area contributed by atoms with Crippen molar-refractivity contribution in [3.63, 3.8) is 0 Å². The molecule has 0 aromatic carbocycles. The summed E-state index contributed by atoms with van der Waals surface area (Å²) in [7, 11) is -3.57. The van der Waals surface area contributed by atoms with Crippen LogP contribution in [0.1, 0.15) is 19.0 Å². The average molecular weight is 537 g/mol. The second-order valence-electron chi connectivity index (χ2n) is 5.94. The number of sulfonamides is 1. The fourth-order valence-electron chi connectivity index (χ4n) is 1.98. The van der Waals surface area contributed by atoms with E-state index in [1.54, 1.807) is 13.0 Å². The predicted molar refractivity (Wildman–Crippen MR) is 116 cm³/mol. The lowest BCUT2D eigenvalue weighted by Gasteiger charge is -2.10. The maximum absolute atomic E-state index is 12.0. The Labute approximate surface area is 195 Å². The number of carboxylic acid groups (broad SMARTS) is 1. The zero-order valence-electron chi connectivity index (χ0n) is 16.5. The Morgan fingerprint density at radius 3 is 2.41 bits per heavy atom. The topological polar surface area (TPSA) is 138 Å². The van der Waals surface area contributed by atoms with Crippen LogP contribution in [0.15, 0.2) is 12.3 Å². The molecule has 2 rings (SSSR count). The molecule has 0 radical (unpaired) electrons. The number of pyridine rings is 1. The zero-order chi connectivity index (χ0) is 24.7. The fourth-order valence-corrected chi connectivity index (χ4v) is 4.58. The molecule has 32 heavy (non-hydrogen) atoms. The number of anilines is 2. The molecular weight excluding hydrogens is 520 g/mol. The number of halogens is 5. The van der Waals surface area contributed by atoms with Gasteiger partial charge in [0.15, 0.2) is 10.3 Å². The van der Waals surface area contributed by atoms with Gasteiger partial charge in [-0.3, -0.25) is 9.52 Å². The van der Waals surface area contributed by atoms with Crippen molar-refractivity contribution in [1.29, 1.82) is 0 Å².